The first kappa shape index (κ1) is 22.9. The summed E-state index contributed by atoms with van der Waals surface area (Å²) in [5.74, 6) is 5.87. The van der Waals surface area contributed by atoms with E-state index in [2.05, 4.69) is 59.8 Å². The van der Waals surface area contributed by atoms with Gasteiger partial charge in [0.05, 0.1) is 0 Å². The van der Waals surface area contributed by atoms with Crippen LogP contribution in [0.1, 0.15) is 99.3 Å². The van der Waals surface area contributed by atoms with Crippen LogP contribution in [0, 0.1) is 52.3 Å². The maximum atomic E-state index is 6.57. The molecule has 9 atom stereocenters. The summed E-state index contributed by atoms with van der Waals surface area (Å²) >= 11 is 6.57. The van der Waals surface area contributed by atoms with Crippen LogP contribution < -0.4 is 0 Å². The maximum absolute atomic E-state index is 6.57. The molecule has 30 heavy (non-hydrogen) atoms. The number of hydrogen-bond acceptors (Lipinski definition) is 0. The van der Waals surface area contributed by atoms with E-state index < -0.39 is 0 Å². The fourth-order valence-electron chi connectivity index (χ4n) is 8.80. The van der Waals surface area contributed by atoms with E-state index in [9.17, 15) is 0 Å². The van der Waals surface area contributed by atoms with Gasteiger partial charge in [0.1, 0.15) is 0 Å². The first-order valence-corrected chi connectivity index (χ1v) is 13.7. The van der Waals surface area contributed by atoms with E-state index in [1.54, 1.807) is 5.57 Å². The Balaban J connectivity index is 1.52. The van der Waals surface area contributed by atoms with E-state index in [0.29, 0.717) is 16.2 Å². The van der Waals surface area contributed by atoms with E-state index in [0.717, 1.165) is 47.8 Å². The van der Waals surface area contributed by atoms with E-state index in [1.807, 2.05) is 0 Å². The van der Waals surface area contributed by atoms with E-state index in [-0.39, 0.29) is 0 Å². The summed E-state index contributed by atoms with van der Waals surface area (Å²) in [6.45, 7) is 14.9. The van der Waals surface area contributed by atoms with Crippen LogP contribution >= 0.6 is 11.6 Å². The molecule has 170 valence electrons. The summed E-state index contributed by atoms with van der Waals surface area (Å²) in [6.07, 6.45) is 20.0. The fraction of sp³-hybridized carbons (Fsp3) is 0.862. The summed E-state index contributed by atoms with van der Waals surface area (Å²) in [7, 11) is 0. The average molecular weight is 431 g/mol. The van der Waals surface area contributed by atoms with Crippen molar-refractivity contribution in [1.82, 2.24) is 0 Å². The van der Waals surface area contributed by atoms with Crippen molar-refractivity contribution in [2.24, 2.45) is 52.3 Å². The maximum Gasteiger partial charge on any atom is 0.0373 e. The largest absolute Gasteiger partial charge is 0.123 e. The van der Waals surface area contributed by atoms with Crippen LogP contribution in [-0.4, -0.2) is 5.38 Å². The molecular weight excluding hydrogens is 384 g/mol. The highest BCUT2D eigenvalue weighted by Gasteiger charge is 2.58. The van der Waals surface area contributed by atoms with Crippen molar-refractivity contribution in [3.05, 3.63) is 23.8 Å². The minimum atomic E-state index is 0.385. The molecular formula is C29H47Cl. The quantitative estimate of drug-likeness (QED) is 0.301. The standard InChI is InChI=1S/C29H47Cl/c1-7-21(19(2)3)9-8-20(4)25-12-13-26-24-11-10-22-18-23(30)14-16-28(22,5)27(24)15-17-29(25,26)6/h8-10,19-21,23-27H,7,11-18H2,1-6H3/b9-8-/t20-,21+,23-,24+,25-,26+,27+,28-,29+/m0/s1. The SMILES string of the molecule is CC[C@H](/C=C\[C@H](C)[C@@H]1CC[C@@H]2[C@H]3CC=C4C[C@@H](Cl)CC[C@]4(C)[C@@H]3CC[C@@]21C)C(C)C. The van der Waals surface area contributed by atoms with Crippen molar-refractivity contribution < 1.29 is 0 Å². The van der Waals surface area contributed by atoms with Gasteiger partial charge in [-0.05, 0) is 110 Å². The number of alkyl halides is 1. The predicted octanol–water partition coefficient (Wildman–Crippen LogP) is 9.05. The highest BCUT2D eigenvalue weighted by Crippen LogP contribution is 2.67. The molecule has 0 heterocycles. The molecule has 0 aliphatic heterocycles. The van der Waals surface area contributed by atoms with Gasteiger partial charge in [-0.2, -0.15) is 0 Å². The second kappa shape index (κ2) is 8.61. The zero-order chi connectivity index (χ0) is 21.7. The number of allylic oxidation sites excluding steroid dienone is 4. The molecule has 0 unspecified atom stereocenters. The van der Waals surface area contributed by atoms with Crippen LogP contribution in [0.5, 0.6) is 0 Å². The highest BCUT2D eigenvalue weighted by atomic mass is 35.5. The highest BCUT2D eigenvalue weighted by molar-refractivity contribution is 6.20. The van der Waals surface area contributed by atoms with Gasteiger partial charge in [0, 0.05) is 5.38 Å². The lowest BCUT2D eigenvalue weighted by Crippen LogP contribution is -2.50. The van der Waals surface area contributed by atoms with Gasteiger partial charge in [-0.25, -0.2) is 0 Å². The zero-order valence-corrected chi connectivity index (χ0v) is 21.3. The summed E-state index contributed by atoms with van der Waals surface area (Å²) < 4.78 is 0. The number of rotatable bonds is 5. The molecule has 0 aromatic rings. The second-order valence-corrected chi connectivity index (χ2v) is 13.0. The van der Waals surface area contributed by atoms with Gasteiger partial charge < -0.3 is 0 Å². The van der Waals surface area contributed by atoms with Crippen molar-refractivity contribution in [1.29, 1.82) is 0 Å². The Morgan fingerprint density at radius 1 is 1.03 bits per heavy atom. The third-order valence-corrected chi connectivity index (χ3v) is 11.1. The number of hydrogen-bond donors (Lipinski definition) is 0. The second-order valence-electron chi connectivity index (χ2n) is 12.4. The zero-order valence-electron chi connectivity index (χ0n) is 20.6. The minimum Gasteiger partial charge on any atom is -0.123 e. The molecule has 1 heteroatoms. The minimum absolute atomic E-state index is 0.385. The summed E-state index contributed by atoms with van der Waals surface area (Å²) in [5.41, 5.74) is 2.73. The van der Waals surface area contributed by atoms with Gasteiger partial charge in [0.2, 0.25) is 0 Å². The smallest absolute Gasteiger partial charge is 0.0373 e. The van der Waals surface area contributed by atoms with Gasteiger partial charge in [-0.1, -0.05) is 65.3 Å². The molecule has 4 aliphatic rings. The van der Waals surface area contributed by atoms with Crippen LogP contribution in [0.4, 0.5) is 0 Å². The molecule has 3 fully saturated rings. The Labute approximate surface area is 192 Å². The molecule has 4 rings (SSSR count). The van der Waals surface area contributed by atoms with Crippen molar-refractivity contribution in [2.75, 3.05) is 0 Å². The van der Waals surface area contributed by atoms with Crippen LogP contribution in [-0.2, 0) is 0 Å². The molecule has 0 N–H and O–H groups in total. The van der Waals surface area contributed by atoms with E-state index in [1.165, 1.54) is 51.4 Å². The van der Waals surface area contributed by atoms with E-state index in [4.69, 9.17) is 11.6 Å². The lowest BCUT2D eigenvalue weighted by Gasteiger charge is -2.58. The molecule has 0 nitrogen and oxygen atoms in total. The van der Waals surface area contributed by atoms with Gasteiger partial charge >= 0.3 is 0 Å². The first-order valence-electron chi connectivity index (χ1n) is 13.2. The van der Waals surface area contributed by atoms with Gasteiger partial charge in [0.15, 0.2) is 0 Å². The van der Waals surface area contributed by atoms with Crippen molar-refractivity contribution in [3.63, 3.8) is 0 Å². The fourth-order valence-corrected chi connectivity index (χ4v) is 9.08. The van der Waals surface area contributed by atoms with Crippen molar-refractivity contribution >= 4 is 11.6 Å². The molecule has 0 spiro atoms. The molecule has 0 aromatic carbocycles. The Kier molecular flexibility index (Phi) is 6.58. The molecule has 0 aromatic heterocycles. The topological polar surface area (TPSA) is 0 Å². The molecule has 4 aliphatic carbocycles. The molecule has 3 saturated carbocycles. The molecule has 0 saturated heterocycles. The average Bonchev–Trinajstić information content (AvgIpc) is 3.06. The Hall–Kier alpha value is -0.230. The Morgan fingerprint density at radius 2 is 1.80 bits per heavy atom. The van der Waals surface area contributed by atoms with Crippen LogP contribution in [0.25, 0.3) is 0 Å². The first-order chi connectivity index (χ1) is 14.2. The van der Waals surface area contributed by atoms with Gasteiger partial charge in [-0.15, -0.1) is 11.6 Å². The lowest BCUT2D eigenvalue weighted by molar-refractivity contribution is -0.0460. The normalized spacial score (nSPS) is 45.6. The molecule has 0 bridgehead atoms. The molecule has 0 radical (unpaired) electrons. The van der Waals surface area contributed by atoms with Crippen LogP contribution in [0.3, 0.4) is 0 Å². The summed E-state index contributed by atoms with van der Waals surface area (Å²) in [6, 6.07) is 0. The number of halogens is 1. The molecule has 0 amide bonds. The third-order valence-electron chi connectivity index (χ3n) is 10.7. The van der Waals surface area contributed by atoms with Crippen LogP contribution in [0.15, 0.2) is 23.8 Å². The Bertz CT molecular complexity index is 674. The summed E-state index contributed by atoms with van der Waals surface area (Å²) in [5, 5.41) is 0.385. The summed E-state index contributed by atoms with van der Waals surface area (Å²) in [4.78, 5) is 0. The van der Waals surface area contributed by atoms with Gasteiger partial charge in [-0.3, -0.25) is 0 Å². The van der Waals surface area contributed by atoms with Crippen molar-refractivity contribution in [2.45, 2.75) is 105 Å². The van der Waals surface area contributed by atoms with E-state index >= 15 is 0 Å². The predicted molar refractivity (Wildman–Crippen MR) is 132 cm³/mol. The lowest BCUT2D eigenvalue weighted by atomic mass is 9.47. The van der Waals surface area contributed by atoms with Gasteiger partial charge in [0.25, 0.3) is 0 Å². The van der Waals surface area contributed by atoms with Crippen molar-refractivity contribution in [3.8, 4) is 0 Å². The number of fused-ring (bicyclic) bond motifs is 5. The third kappa shape index (κ3) is 3.76. The Morgan fingerprint density at radius 3 is 2.50 bits per heavy atom. The van der Waals surface area contributed by atoms with Crippen LogP contribution in [0.2, 0.25) is 0 Å². The monoisotopic (exact) mass is 430 g/mol.